The Hall–Kier alpha value is -5.03. The number of aromatic nitrogens is 3. The zero-order chi connectivity index (χ0) is 38.7. The van der Waals surface area contributed by atoms with Gasteiger partial charge in [0.15, 0.2) is 5.82 Å². The van der Waals surface area contributed by atoms with Crippen molar-refractivity contribution in [3.8, 4) is 22.5 Å². The van der Waals surface area contributed by atoms with Gasteiger partial charge in [0.2, 0.25) is 11.7 Å². The number of rotatable bonds is 12. The molecule has 4 aromatic rings. The molecule has 10 nitrogen and oxygen atoms in total. The zero-order valence-electron chi connectivity index (χ0n) is 27.8. The number of halogens is 8. The highest BCUT2D eigenvalue weighted by Crippen LogP contribution is 2.42. The molecule has 4 N–H and O–H groups in total. The number of alkyl halides is 7. The molecular weight excluding hydrogens is 737 g/mol. The third kappa shape index (κ3) is 8.96. The van der Waals surface area contributed by atoms with E-state index in [0.717, 1.165) is 18.9 Å². The summed E-state index contributed by atoms with van der Waals surface area (Å²) in [6.45, 7) is 0. The summed E-state index contributed by atoms with van der Waals surface area (Å²) in [5.74, 6) is -16.7. The molecule has 3 aromatic carbocycles. The molecule has 0 atom stereocenters. The summed E-state index contributed by atoms with van der Waals surface area (Å²) in [5, 5.41) is 19.0. The third-order valence-electron chi connectivity index (χ3n) is 8.90. The van der Waals surface area contributed by atoms with Crippen molar-refractivity contribution in [2.24, 2.45) is 0 Å². The standard InChI is InChI=1S/C35H32ClF7N6O4/c1-49(36)25-14-12-24(13-15-25)45-30(51)22-9-16-26(27(18-22)35(41,42)43)20-5-2-19(3-6-20)4-17-28(50)44-23-10-7-21(8-11-23)29-46-31(48-47-29)33(37,38)34(39,40)32(52)53/h2-3,5-11,16,18,24-25H,4,12-15,17H2,1H3,(H,44,50)(H,45,51)(H,52,53)(H,46,47,48). The Balaban J connectivity index is 1.17. The molecule has 1 aliphatic carbocycles. The summed E-state index contributed by atoms with van der Waals surface area (Å²) >= 11 is 6.02. The van der Waals surface area contributed by atoms with Gasteiger partial charge in [-0.1, -0.05) is 30.3 Å². The molecule has 0 bridgehead atoms. The average Bonchev–Trinajstić information content (AvgIpc) is 3.62. The molecule has 1 heterocycles. The van der Waals surface area contributed by atoms with Gasteiger partial charge in [-0.25, -0.2) is 14.2 Å². The molecule has 1 aliphatic rings. The molecule has 0 aliphatic heterocycles. The Morgan fingerprint density at radius 1 is 0.906 bits per heavy atom. The normalized spacial score (nSPS) is 16.7. The number of carbonyl (C=O) groups is 3. The number of H-pyrrole nitrogens is 1. The predicted octanol–water partition coefficient (Wildman–Crippen LogP) is 7.67. The van der Waals surface area contributed by atoms with Crippen molar-refractivity contribution in [3.05, 3.63) is 89.2 Å². The lowest BCUT2D eigenvalue weighted by Crippen LogP contribution is -2.45. The van der Waals surface area contributed by atoms with Crippen molar-refractivity contribution in [1.29, 1.82) is 0 Å². The van der Waals surface area contributed by atoms with Gasteiger partial charge in [-0.15, -0.1) is 0 Å². The number of hydrogen-bond donors (Lipinski definition) is 4. The molecule has 18 heteroatoms. The molecule has 0 saturated heterocycles. The van der Waals surface area contributed by atoms with Gasteiger partial charge < -0.3 is 15.7 Å². The summed E-state index contributed by atoms with van der Waals surface area (Å²) in [6.07, 6.45) is -1.70. The van der Waals surface area contributed by atoms with Crippen molar-refractivity contribution < 1.29 is 50.2 Å². The van der Waals surface area contributed by atoms with Gasteiger partial charge in [0.25, 0.3) is 5.91 Å². The van der Waals surface area contributed by atoms with Crippen LogP contribution in [0.4, 0.5) is 36.4 Å². The number of nitrogens with zero attached hydrogens (tertiary/aromatic N) is 3. The fourth-order valence-corrected chi connectivity index (χ4v) is 6.06. The molecule has 0 unspecified atom stereocenters. The second kappa shape index (κ2) is 15.5. The number of benzene rings is 3. The van der Waals surface area contributed by atoms with E-state index in [0.29, 0.717) is 18.4 Å². The van der Waals surface area contributed by atoms with Crippen LogP contribution in [-0.4, -0.2) is 67.5 Å². The average molecular weight is 769 g/mol. The fraction of sp³-hybridized carbons (Fsp3) is 0.343. The number of carbonyl (C=O) groups excluding carboxylic acids is 2. The number of aliphatic carboxylic acids is 1. The second-order valence-corrected chi connectivity index (χ2v) is 13.1. The van der Waals surface area contributed by atoms with Crippen LogP contribution in [0.15, 0.2) is 66.7 Å². The van der Waals surface area contributed by atoms with Crippen LogP contribution in [0.2, 0.25) is 0 Å². The number of carboxylic acids is 1. The summed E-state index contributed by atoms with van der Waals surface area (Å²) in [7, 11) is 1.76. The third-order valence-corrected chi connectivity index (χ3v) is 9.18. The van der Waals surface area contributed by atoms with E-state index in [1.54, 1.807) is 28.7 Å². The van der Waals surface area contributed by atoms with Crippen LogP contribution in [0.1, 0.15) is 59.4 Å². The molecule has 1 saturated carbocycles. The zero-order valence-corrected chi connectivity index (χ0v) is 28.5. The number of hydrogen-bond acceptors (Lipinski definition) is 6. The van der Waals surface area contributed by atoms with E-state index in [-0.39, 0.29) is 52.9 Å². The minimum Gasteiger partial charge on any atom is -0.477 e. The van der Waals surface area contributed by atoms with Gasteiger partial charge in [-0.3, -0.25) is 14.7 Å². The topological polar surface area (TPSA) is 140 Å². The molecule has 1 fully saturated rings. The van der Waals surface area contributed by atoms with E-state index >= 15 is 0 Å². The summed E-state index contributed by atoms with van der Waals surface area (Å²) in [5.41, 5.74) is 0.129. The number of aryl methyl sites for hydroxylation is 1. The van der Waals surface area contributed by atoms with Crippen molar-refractivity contribution in [2.75, 3.05) is 12.4 Å². The number of amides is 2. The van der Waals surface area contributed by atoms with Gasteiger partial charge >= 0.3 is 24.0 Å². The quantitative estimate of drug-likeness (QED) is 0.0857. The lowest BCUT2D eigenvalue weighted by Gasteiger charge is -2.31. The van der Waals surface area contributed by atoms with Gasteiger partial charge in [-0.05, 0) is 97.0 Å². The second-order valence-electron chi connectivity index (χ2n) is 12.5. The van der Waals surface area contributed by atoms with Crippen LogP contribution in [0, 0.1) is 0 Å². The number of anilines is 1. The van der Waals surface area contributed by atoms with Crippen molar-refractivity contribution in [2.45, 2.75) is 68.6 Å². The van der Waals surface area contributed by atoms with Gasteiger partial charge in [0.05, 0.1) is 5.56 Å². The van der Waals surface area contributed by atoms with Gasteiger partial charge in [0.1, 0.15) is 0 Å². The van der Waals surface area contributed by atoms with Crippen LogP contribution < -0.4 is 10.6 Å². The predicted molar refractivity (Wildman–Crippen MR) is 179 cm³/mol. The maximum Gasteiger partial charge on any atom is 0.417 e. The van der Waals surface area contributed by atoms with Crippen molar-refractivity contribution >= 4 is 35.2 Å². The monoisotopic (exact) mass is 768 g/mol. The SMILES string of the molecule is CN(Cl)C1CCC(NC(=O)c2ccc(-c3ccc(CCC(=O)Nc4ccc(-c5n[nH]c(C(F)(F)C(F)(F)C(=O)O)n5)cc4)cc3)c(C(F)(F)F)c2)CC1. The molecule has 0 radical (unpaired) electrons. The minimum absolute atomic E-state index is 0.0138. The number of aromatic amines is 1. The Bertz CT molecular complexity index is 1950. The Morgan fingerprint density at radius 3 is 2.11 bits per heavy atom. The molecule has 53 heavy (non-hydrogen) atoms. The van der Waals surface area contributed by atoms with Crippen LogP contribution in [0.5, 0.6) is 0 Å². The van der Waals surface area contributed by atoms with Crippen LogP contribution in [0.25, 0.3) is 22.5 Å². The van der Waals surface area contributed by atoms with Crippen LogP contribution >= 0.6 is 11.8 Å². The minimum atomic E-state index is -5.44. The Kier molecular flexibility index (Phi) is 11.5. The maximum absolute atomic E-state index is 14.2. The first-order chi connectivity index (χ1) is 24.9. The highest BCUT2D eigenvalue weighted by atomic mass is 35.5. The van der Waals surface area contributed by atoms with E-state index in [1.807, 2.05) is 0 Å². The molecule has 1 aromatic heterocycles. The van der Waals surface area contributed by atoms with Crippen molar-refractivity contribution in [1.82, 2.24) is 24.9 Å². The van der Waals surface area contributed by atoms with Crippen LogP contribution in [-0.2, 0) is 28.1 Å². The van der Waals surface area contributed by atoms with Crippen LogP contribution in [0.3, 0.4) is 0 Å². The smallest absolute Gasteiger partial charge is 0.417 e. The van der Waals surface area contributed by atoms with Gasteiger partial charge in [0, 0.05) is 42.4 Å². The summed E-state index contributed by atoms with van der Waals surface area (Å²) < 4.78 is 99.1. The first-order valence-corrected chi connectivity index (χ1v) is 16.5. The molecular formula is C35H32ClF7N6O4. The van der Waals surface area contributed by atoms with Crippen molar-refractivity contribution in [3.63, 3.8) is 0 Å². The fourth-order valence-electron chi connectivity index (χ4n) is 5.87. The van der Waals surface area contributed by atoms with E-state index < -0.39 is 53.0 Å². The first-order valence-electron chi connectivity index (χ1n) is 16.2. The number of nitrogens with one attached hydrogen (secondary N) is 3. The van der Waals surface area contributed by atoms with E-state index in [2.05, 4.69) is 20.7 Å². The molecule has 5 rings (SSSR count). The van der Waals surface area contributed by atoms with Gasteiger partial charge in [-0.2, -0.15) is 35.8 Å². The largest absolute Gasteiger partial charge is 0.477 e. The first kappa shape index (κ1) is 39.2. The summed E-state index contributed by atoms with van der Waals surface area (Å²) in [6, 6.07) is 15.0. The lowest BCUT2D eigenvalue weighted by atomic mass is 9.91. The maximum atomic E-state index is 14.2. The van der Waals surface area contributed by atoms with E-state index in [1.165, 1.54) is 48.5 Å². The lowest BCUT2D eigenvalue weighted by molar-refractivity contribution is -0.231. The van der Waals surface area contributed by atoms with E-state index in [4.69, 9.17) is 16.9 Å². The highest BCUT2D eigenvalue weighted by Gasteiger charge is 2.65. The summed E-state index contributed by atoms with van der Waals surface area (Å²) in [4.78, 5) is 39.4. The molecule has 2 amide bonds. The molecule has 282 valence electrons. The number of carboxylic acid groups (broad SMARTS) is 1. The van der Waals surface area contributed by atoms with E-state index in [9.17, 15) is 45.1 Å². The molecule has 0 spiro atoms. The Morgan fingerprint density at radius 2 is 1.53 bits per heavy atom. The highest BCUT2D eigenvalue weighted by molar-refractivity contribution is 6.13. The Labute approximate surface area is 302 Å².